The summed E-state index contributed by atoms with van der Waals surface area (Å²) in [7, 11) is 0. The molecule has 0 aliphatic carbocycles. The van der Waals surface area contributed by atoms with Crippen molar-refractivity contribution >= 4 is 29.9 Å². The largest absolute Gasteiger partial charge is 0.491 e. The Hall–Kier alpha value is -1.10. The fourth-order valence-electron chi connectivity index (χ4n) is 3.98. The number of aryl methyl sites for hydroxylation is 1. The van der Waals surface area contributed by atoms with Crippen LogP contribution in [0.5, 0.6) is 5.75 Å². The van der Waals surface area contributed by atoms with Crippen molar-refractivity contribution in [2.24, 2.45) is 4.99 Å². The molecular formula is C24H40IN3O4. The van der Waals surface area contributed by atoms with E-state index in [-0.39, 0.29) is 42.8 Å². The van der Waals surface area contributed by atoms with Gasteiger partial charge in [0.05, 0.1) is 25.4 Å². The van der Waals surface area contributed by atoms with Gasteiger partial charge >= 0.3 is 0 Å². The first kappa shape index (κ1) is 27.1. The monoisotopic (exact) mass is 561 g/mol. The number of hydrogen-bond acceptors (Lipinski definition) is 5. The van der Waals surface area contributed by atoms with Gasteiger partial charge in [-0.25, -0.2) is 0 Å². The number of aliphatic imine (C=N–C) groups is 1. The first-order valence-corrected chi connectivity index (χ1v) is 11.8. The molecule has 2 aliphatic heterocycles. The lowest BCUT2D eigenvalue weighted by atomic mass is 10.1. The van der Waals surface area contributed by atoms with Crippen LogP contribution in [-0.2, 0) is 9.47 Å². The molecule has 182 valence electrons. The van der Waals surface area contributed by atoms with Crippen LogP contribution in [0.15, 0.2) is 29.3 Å². The van der Waals surface area contributed by atoms with Crippen LogP contribution in [0.2, 0.25) is 0 Å². The number of aliphatic hydroxyl groups is 1. The van der Waals surface area contributed by atoms with Crippen molar-refractivity contribution in [3.63, 3.8) is 0 Å². The van der Waals surface area contributed by atoms with Gasteiger partial charge in [-0.2, -0.15) is 0 Å². The van der Waals surface area contributed by atoms with E-state index in [1.165, 1.54) is 12.8 Å². The fourth-order valence-corrected chi connectivity index (χ4v) is 3.98. The normalized spacial score (nSPS) is 21.0. The van der Waals surface area contributed by atoms with Crippen LogP contribution in [-0.4, -0.2) is 80.3 Å². The summed E-state index contributed by atoms with van der Waals surface area (Å²) in [6.45, 7) is 8.80. The summed E-state index contributed by atoms with van der Waals surface area (Å²) >= 11 is 0. The molecule has 7 nitrogen and oxygen atoms in total. The minimum absolute atomic E-state index is 0. The Labute approximate surface area is 209 Å². The highest BCUT2D eigenvalue weighted by Gasteiger charge is 2.24. The number of aliphatic hydroxyl groups excluding tert-OH is 1. The number of ether oxygens (including phenoxy) is 3. The number of benzene rings is 1. The molecule has 0 amide bonds. The summed E-state index contributed by atoms with van der Waals surface area (Å²) in [6.07, 6.45) is 5.42. The average molecular weight is 562 g/mol. The number of likely N-dealkylation sites (tertiary alicyclic amines) is 1. The van der Waals surface area contributed by atoms with Crippen LogP contribution in [0, 0.1) is 6.92 Å². The number of rotatable bonds is 9. The summed E-state index contributed by atoms with van der Waals surface area (Å²) < 4.78 is 17.6. The van der Waals surface area contributed by atoms with Gasteiger partial charge in [0.15, 0.2) is 5.96 Å². The maximum atomic E-state index is 10.3. The van der Waals surface area contributed by atoms with Crippen molar-refractivity contribution in [2.75, 3.05) is 46.0 Å². The minimum atomic E-state index is -0.648. The van der Waals surface area contributed by atoms with Gasteiger partial charge in [-0.15, -0.1) is 24.0 Å². The Morgan fingerprint density at radius 1 is 1.28 bits per heavy atom. The SMILES string of the molecule is CCNC(=NCC(O)COc1cccc(C)c1)N1CCC(OCC2CCCCO2)CC1.I. The minimum Gasteiger partial charge on any atom is -0.491 e. The smallest absolute Gasteiger partial charge is 0.194 e. The second kappa shape index (κ2) is 14.9. The van der Waals surface area contributed by atoms with Crippen molar-refractivity contribution < 1.29 is 19.3 Å². The third-order valence-electron chi connectivity index (χ3n) is 5.75. The molecule has 0 saturated carbocycles. The Morgan fingerprint density at radius 3 is 2.78 bits per heavy atom. The van der Waals surface area contributed by atoms with Crippen LogP contribution in [0.1, 0.15) is 44.6 Å². The summed E-state index contributed by atoms with van der Waals surface area (Å²) in [4.78, 5) is 6.91. The van der Waals surface area contributed by atoms with E-state index < -0.39 is 6.10 Å². The predicted molar refractivity (Wildman–Crippen MR) is 138 cm³/mol. The zero-order valence-electron chi connectivity index (χ0n) is 19.5. The quantitative estimate of drug-likeness (QED) is 0.274. The third-order valence-corrected chi connectivity index (χ3v) is 5.75. The second-order valence-electron chi connectivity index (χ2n) is 8.48. The second-order valence-corrected chi connectivity index (χ2v) is 8.48. The molecule has 1 aromatic carbocycles. The zero-order valence-corrected chi connectivity index (χ0v) is 21.8. The first-order chi connectivity index (χ1) is 15.1. The molecular weight excluding hydrogens is 521 g/mol. The van der Waals surface area contributed by atoms with Gasteiger partial charge in [-0.05, 0) is 63.6 Å². The molecule has 3 rings (SSSR count). The Bertz CT molecular complexity index is 677. The standard InChI is InChI=1S/C24H39N3O4.HI/c1-3-25-24(26-16-20(28)17-30-22-9-6-7-19(2)15-22)27-12-10-21(11-13-27)31-18-23-8-4-5-14-29-23;/h6-7,9,15,20-21,23,28H,3-5,8,10-14,16-18H2,1-2H3,(H,25,26);1H. The zero-order chi connectivity index (χ0) is 21.9. The molecule has 0 radical (unpaired) electrons. The van der Waals surface area contributed by atoms with E-state index in [1.807, 2.05) is 31.2 Å². The highest BCUT2D eigenvalue weighted by atomic mass is 127. The summed E-state index contributed by atoms with van der Waals surface area (Å²) in [5.74, 6) is 1.63. The van der Waals surface area contributed by atoms with Gasteiger partial charge in [0.1, 0.15) is 18.5 Å². The van der Waals surface area contributed by atoms with Gasteiger partial charge in [-0.3, -0.25) is 4.99 Å². The number of halogens is 1. The molecule has 8 heteroatoms. The van der Waals surface area contributed by atoms with Gasteiger partial charge in [0.2, 0.25) is 0 Å². The summed E-state index contributed by atoms with van der Waals surface area (Å²) in [5.41, 5.74) is 1.14. The summed E-state index contributed by atoms with van der Waals surface area (Å²) in [6, 6.07) is 7.84. The maximum Gasteiger partial charge on any atom is 0.194 e. The number of hydrogen-bond donors (Lipinski definition) is 2. The molecule has 2 atom stereocenters. The van der Waals surface area contributed by atoms with E-state index in [0.29, 0.717) is 13.2 Å². The molecule has 2 fully saturated rings. The van der Waals surface area contributed by atoms with Crippen molar-refractivity contribution in [1.82, 2.24) is 10.2 Å². The van der Waals surface area contributed by atoms with Crippen molar-refractivity contribution in [2.45, 2.75) is 64.3 Å². The average Bonchev–Trinajstić information content (AvgIpc) is 2.80. The van der Waals surface area contributed by atoms with Gasteiger partial charge < -0.3 is 29.5 Å². The summed E-state index contributed by atoms with van der Waals surface area (Å²) in [5, 5.41) is 13.7. The molecule has 2 saturated heterocycles. The van der Waals surface area contributed by atoms with Crippen LogP contribution in [0.3, 0.4) is 0 Å². The van der Waals surface area contributed by atoms with E-state index in [9.17, 15) is 5.11 Å². The van der Waals surface area contributed by atoms with Crippen LogP contribution < -0.4 is 10.1 Å². The van der Waals surface area contributed by atoms with Crippen molar-refractivity contribution in [3.8, 4) is 5.75 Å². The molecule has 0 aromatic heterocycles. The number of nitrogens with one attached hydrogen (secondary N) is 1. The van der Waals surface area contributed by atoms with Crippen LogP contribution in [0.4, 0.5) is 0 Å². The van der Waals surface area contributed by atoms with E-state index in [1.54, 1.807) is 0 Å². The van der Waals surface area contributed by atoms with E-state index >= 15 is 0 Å². The highest BCUT2D eigenvalue weighted by Crippen LogP contribution is 2.18. The van der Waals surface area contributed by atoms with E-state index in [4.69, 9.17) is 14.2 Å². The number of piperidine rings is 1. The lowest BCUT2D eigenvalue weighted by Crippen LogP contribution is -2.47. The van der Waals surface area contributed by atoms with Crippen LogP contribution >= 0.6 is 24.0 Å². The van der Waals surface area contributed by atoms with E-state index in [0.717, 1.165) is 62.8 Å². The number of guanidine groups is 1. The molecule has 0 bridgehead atoms. The Morgan fingerprint density at radius 2 is 2.09 bits per heavy atom. The lowest BCUT2D eigenvalue weighted by molar-refractivity contribution is -0.0721. The Kier molecular flexibility index (Phi) is 12.7. The van der Waals surface area contributed by atoms with Gasteiger partial charge in [0, 0.05) is 26.2 Å². The predicted octanol–water partition coefficient (Wildman–Crippen LogP) is 3.37. The Balaban J connectivity index is 0.00000363. The molecule has 2 aliphatic rings. The van der Waals surface area contributed by atoms with Gasteiger partial charge in [0.25, 0.3) is 0 Å². The molecule has 1 aromatic rings. The van der Waals surface area contributed by atoms with Crippen molar-refractivity contribution in [3.05, 3.63) is 29.8 Å². The fraction of sp³-hybridized carbons (Fsp3) is 0.708. The van der Waals surface area contributed by atoms with Crippen LogP contribution in [0.25, 0.3) is 0 Å². The molecule has 2 N–H and O–H groups in total. The molecule has 2 unspecified atom stereocenters. The van der Waals surface area contributed by atoms with Gasteiger partial charge in [-0.1, -0.05) is 12.1 Å². The lowest BCUT2D eigenvalue weighted by Gasteiger charge is -2.35. The molecule has 2 heterocycles. The van der Waals surface area contributed by atoms with E-state index in [2.05, 4.69) is 22.1 Å². The van der Waals surface area contributed by atoms with Crippen molar-refractivity contribution in [1.29, 1.82) is 0 Å². The highest BCUT2D eigenvalue weighted by molar-refractivity contribution is 14.0. The molecule has 32 heavy (non-hydrogen) atoms. The number of nitrogens with zero attached hydrogens (tertiary/aromatic N) is 2. The topological polar surface area (TPSA) is 75.6 Å². The molecule has 0 spiro atoms. The first-order valence-electron chi connectivity index (χ1n) is 11.8. The maximum absolute atomic E-state index is 10.3. The third kappa shape index (κ3) is 9.41.